The predicted molar refractivity (Wildman–Crippen MR) is 68.8 cm³/mol. The van der Waals surface area contributed by atoms with Gasteiger partial charge in [0.15, 0.2) is 0 Å². The number of methoxy groups -OCH3 is 2. The van der Waals surface area contributed by atoms with Gasteiger partial charge in [-0.1, -0.05) is 0 Å². The topological polar surface area (TPSA) is 21.7 Å². The number of hydrogen-bond donors (Lipinski definition) is 0. The lowest BCUT2D eigenvalue weighted by molar-refractivity contribution is 0.309. The lowest BCUT2D eigenvalue weighted by Gasteiger charge is -2.19. The minimum absolute atomic E-state index is 0.923. The Kier molecular flexibility index (Phi) is 3.89. The van der Waals surface area contributed by atoms with E-state index in [2.05, 4.69) is 24.0 Å². The lowest BCUT2D eigenvalue weighted by Crippen LogP contribution is -2.19. The molecular formula is C14H21NO2. The van der Waals surface area contributed by atoms with Gasteiger partial charge in [0.1, 0.15) is 11.5 Å². The summed E-state index contributed by atoms with van der Waals surface area (Å²) in [6.45, 7) is 5.34. The molecule has 1 aromatic rings. The fraction of sp³-hybridized carbons (Fsp3) is 0.571. The lowest BCUT2D eigenvalue weighted by atomic mass is 10.1. The maximum atomic E-state index is 5.47. The highest BCUT2D eigenvalue weighted by Crippen LogP contribution is 2.32. The molecule has 1 aliphatic heterocycles. The normalized spacial score (nSPS) is 16.2. The van der Waals surface area contributed by atoms with Crippen LogP contribution in [0.3, 0.4) is 0 Å². The number of aryl methyl sites for hydroxylation is 1. The molecule has 94 valence electrons. The zero-order chi connectivity index (χ0) is 12.3. The van der Waals surface area contributed by atoms with Crippen molar-refractivity contribution in [1.29, 1.82) is 0 Å². The zero-order valence-electron chi connectivity index (χ0n) is 11.0. The average molecular weight is 235 g/mol. The van der Waals surface area contributed by atoms with E-state index in [1.54, 1.807) is 14.2 Å². The van der Waals surface area contributed by atoms with Crippen LogP contribution in [0.25, 0.3) is 0 Å². The Labute approximate surface area is 103 Å². The molecule has 0 radical (unpaired) electrons. The van der Waals surface area contributed by atoms with Gasteiger partial charge in [0, 0.05) is 6.54 Å². The van der Waals surface area contributed by atoms with Gasteiger partial charge in [0.25, 0.3) is 0 Å². The average Bonchev–Trinajstić information content (AvgIpc) is 2.83. The van der Waals surface area contributed by atoms with Crippen molar-refractivity contribution in [3.63, 3.8) is 0 Å². The molecule has 0 spiro atoms. The number of benzene rings is 1. The number of nitrogens with zero attached hydrogens (tertiary/aromatic N) is 1. The molecule has 1 aliphatic rings. The van der Waals surface area contributed by atoms with E-state index in [-0.39, 0.29) is 0 Å². The minimum Gasteiger partial charge on any atom is -0.496 e. The molecule has 0 aliphatic carbocycles. The van der Waals surface area contributed by atoms with Gasteiger partial charge >= 0.3 is 0 Å². The van der Waals surface area contributed by atoms with E-state index in [4.69, 9.17) is 9.47 Å². The van der Waals surface area contributed by atoms with Crippen LogP contribution in [-0.2, 0) is 6.54 Å². The van der Waals surface area contributed by atoms with Gasteiger partial charge in [-0.05, 0) is 50.6 Å². The molecule has 0 aromatic heterocycles. The van der Waals surface area contributed by atoms with Gasteiger partial charge in [-0.2, -0.15) is 0 Å². The van der Waals surface area contributed by atoms with Crippen LogP contribution in [0.4, 0.5) is 0 Å². The summed E-state index contributed by atoms with van der Waals surface area (Å²) in [5, 5.41) is 0. The van der Waals surface area contributed by atoms with Crippen molar-refractivity contribution >= 4 is 0 Å². The molecule has 17 heavy (non-hydrogen) atoms. The Morgan fingerprint density at radius 3 is 2.06 bits per heavy atom. The van der Waals surface area contributed by atoms with Crippen molar-refractivity contribution in [3.05, 3.63) is 23.3 Å². The largest absolute Gasteiger partial charge is 0.496 e. The fourth-order valence-corrected chi connectivity index (χ4v) is 2.44. The van der Waals surface area contributed by atoms with Crippen LogP contribution in [-0.4, -0.2) is 32.2 Å². The first-order valence-electron chi connectivity index (χ1n) is 6.18. The third kappa shape index (κ3) is 2.72. The van der Waals surface area contributed by atoms with Crippen LogP contribution in [0, 0.1) is 6.92 Å². The summed E-state index contributed by atoms with van der Waals surface area (Å²) >= 11 is 0. The Bertz CT molecular complexity index is 359. The van der Waals surface area contributed by atoms with Gasteiger partial charge < -0.3 is 9.47 Å². The molecule has 0 unspecified atom stereocenters. The number of likely N-dealkylation sites (tertiary alicyclic amines) is 1. The van der Waals surface area contributed by atoms with Crippen LogP contribution in [0.15, 0.2) is 12.1 Å². The molecule has 1 aromatic carbocycles. The highest BCUT2D eigenvalue weighted by atomic mass is 16.5. The van der Waals surface area contributed by atoms with Crippen molar-refractivity contribution < 1.29 is 9.47 Å². The smallest absolute Gasteiger partial charge is 0.127 e. The molecule has 2 rings (SSSR count). The molecule has 3 nitrogen and oxygen atoms in total. The molecular weight excluding hydrogens is 214 g/mol. The highest BCUT2D eigenvalue weighted by molar-refractivity contribution is 5.47. The van der Waals surface area contributed by atoms with E-state index in [0.29, 0.717) is 0 Å². The molecule has 0 amide bonds. The summed E-state index contributed by atoms with van der Waals surface area (Å²) in [5.74, 6) is 1.88. The monoisotopic (exact) mass is 235 g/mol. The third-order valence-electron chi connectivity index (χ3n) is 3.33. The second kappa shape index (κ2) is 5.41. The highest BCUT2D eigenvalue weighted by Gasteiger charge is 2.17. The van der Waals surface area contributed by atoms with Crippen molar-refractivity contribution in [2.45, 2.75) is 26.3 Å². The van der Waals surface area contributed by atoms with Gasteiger partial charge in [-0.3, -0.25) is 4.90 Å². The Morgan fingerprint density at radius 1 is 1.06 bits per heavy atom. The van der Waals surface area contributed by atoms with E-state index in [0.717, 1.165) is 18.0 Å². The van der Waals surface area contributed by atoms with E-state index in [1.165, 1.54) is 37.1 Å². The molecule has 1 heterocycles. The maximum absolute atomic E-state index is 5.47. The second-order valence-electron chi connectivity index (χ2n) is 4.63. The Morgan fingerprint density at radius 2 is 1.59 bits per heavy atom. The number of hydrogen-bond acceptors (Lipinski definition) is 3. The standard InChI is InChI=1S/C14H21NO2/c1-11-8-13(16-2)12(14(9-11)17-3)10-15-6-4-5-7-15/h8-9H,4-7,10H2,1-3H3. The predicted octanol–water partition coefficient (Wildman–Crippen LogP) is 2.61. The van der Waals surface area contributed by atoms with E-state index in [1.807, 2.05) is 0 Å². The summed E-state index contributed by atoms with van der Waals surface area (Å²) in [6, 6.07) is 4.15. The molecule has 0 bridgehead atoms. The molecule has 1 fully saturated rings. The van der Waals surface area contributed by atoms with Crippen LogP contribution in [0.2, 0.25) is 0 Å². The van der Waals surface area contributed by atoms with Crippen molar-refractivity contribution in [2.75, 3.05) is 27.3 Å². The Balaban J connectivity index is 2.28. The fourth-order valence-electron chi connectivity index (χ4n) is 2.44. The summed E-state index contributed by atoms with van der Waals surface area (Å²) in [4.78, 5) is 2.45. The van der Waals surface area contributed by atoms with Gasteiger partial charge in [-0.25, -0.2) is 0 Å². The third-order valence-corrected chi connectivity index (χ3v) is 3.33. The van der Waals surface area contributed by atoms with Crippen LogP contribution in [0.5, 0.6) is 11.5 Å². The summed E-state index contributed by atoms with van der Waals surface area (Å²) in [6.07, 6.45) is 2.60. The first-order chi connectivity index (χ1) is 8.24. The number of ether oxygens (including phenoxy) is 2. The van der Waals surface area contributed by atoms with E-state index < -0.39 is 0 Å². The molecule has 0 atom stereocenters. The van der Waals surface area contributed by atoms with Crippen molar-refractivity contribution in [2.24, 2.45) is 0 Å². The van der Waals surface area contributed by atoms with Gasteiger partial charge in [-0.15, -0.1) is 0 Å². The van der Waals surface area contributed by atoms with Crippen LogP contribution in [0.1, 0.15) is 24.0 Å². The second-order valence-corrected chi connectivity index (χ2v) is 4.63. The zero-order valence-corrected chi connectivity index (χ0v) is 11.0. The molecule has 1 saturated heterocycles. The summed E-state index contributed by atoms with van der Waals surface area (Å²) < 4.78 is 10.9. The van der Waals surface area contributed by atoms with Gasteiger partial charge in [0.05, 0.1) is 19.8 Å². The quantitative estimate of drug-likeness (QED) is 0.800. The van der Waals surface area contributed by atoms with E-state index >= 15 is 0 Å². The van der Waals surface area contributed by atoms with Crippen molar-refractivity contribution in [1.82, 2.24) is 4.90 Å². The van der Waals surface area contributed by atoms with E-state index in [9.17, 15) is 0 Å². The minimum atomic E-state index is 0.923. The number of rotatable bonds is 4. The van der Waals surface area contributed by atoms with Crippen LogP contribution >= 0.6 is 0 Å². The van der Waals surface area contributed by atoms with Gasteiger partial charge in [0.2, 0.25) is 0 Å². The molecule has 3 heteroatoms. The van der Waals surface area contributed by atoms with Crippen molar-refractivity contribution in [3.8, 4) is 11.5 Å². The maximum Gasteiger partial charge on any atom is 0.127 e. The summed E-state index contributed by atoms with van der Waals surface area (Å²) in [5.41, 5.74) is 2.34. The Hall–Kier alpha value is -1.22. The summed E-state index contributed by atoms with van der Waals surface area (Å²) in [7, 11) is 3.45. The molecule has 0 N–H and O–H groups in total. The molecule has 0 saturated carbocycles. The first kappa shape index (κ1) is 12.2. The first-order valence-corrected chi connectivity index (χ1v) is 6.18. The van der Waals surface area contributed by atoms with Crippen LogP contribution < -0.4 is 9.47 Å². The SMILES string of the molecule is COc1cc(C)cc(OC)c1CN1CCCC1.